The lowest BCUT2D eigenvalue weighted by molar-refractivity contribution is -0.116. The van der Waals surface area contributed by atoms with Crippen LogP contribution >= 0.6 is 0 Å². The first-order valence-corrected chi connectivity index (χ1v) is 9.53. The Labute approximate surface area is 173 Å². The summed E-state index contributed by atoms with van der Waals surface area (Å²) in [5.74, 6) is 3.51. The van der Waals surface area contributed by atoms with E-state index >= 15 is 0 Å². The highest BCUT2D eigenvalue weighted by molar-refractivity contribution is 5.91. The van der Waals surface area contributed by atoms with E-state index in [9.17, 15) is 4.79 Å². The van der Waals surface area contributed by atoms with Gasteiger partial charge in [-0.15, -0.1) is 0 Å². The lowest BCUT2D eigenvalue weighted by Gasteiger charge is -2.18. The summed E-state index contributed by atoms with van der Waals surface area (Å²) in [6, 6.07) is 10.8. The van der Waals surface area contributed by atoms with E-state index in [0.717, 1.165) is 5.56 Å². The molecule has 0 saturated heterocycles. The van der Waals surface area contributed by atoms with Gasteiger partial charge in [-0.05, 0) is 24.3 Å². The molecule has 0 bridgehead atoms. The van der Waals surface area contributed by atoms with Gasteiger partial charge in [-0.3, -0.25) is 4.79 Å². The van der Waals surface area contributed by atoms with Crippen molar-refractivity contribution in [3.63, 3.8) is 0 Å². The summed E-state index contributed by atoms with van der Waals surface area (Å²) in [5, 5.41) is 2.85. The van der Waals surface area contributed by atoms with Crippen LogP contribution in [0.4, 0.5) is 5.69 Å². The van der Waals surface area contributed by atoms with E-state index in [4.69, 9.17) is 23.4 Å². The van der Waals surface area contributed by atoms with Crippen molar-refractivity contribution in [2.75, 3.05) is 32.8 Å². The molecular formula is C22H22N2O6. The number of rotatable bonds is 7. The molecule has 8 nitrogen and oxygen atoms in total. The average molecular weight is 410 g/mol. The van der Waals surface area contributed by atoms with Gasteiger partial charge in [0, 0.05) is 30.7 Å². The Kier molecular flexibility index (Phi) is 5.74. The van der Waals surface area contributed by atoms with E-state index in [0.29, 0.717) is 60.0 Å². The summed E-state index contributed by atoms with van der Waals surface area (Å²) in [7, 11) is 3.18. The number of hydrogen-bond donors (Lipinski definition) is 1. The van der Waals surface area contributed by atoms with Gasteiger partial charge in [0.2, 0.25) is 5.91 Å². The van der Waals surface area contributed by atoms with Crippen molar-refractivity contribution in [1.82, 2.24) is 4.98 Å². The Balaban J connectivity index is 1.37. The molecule has 0 radical (unpaired) electrons. The highest BCUT2D eigenvalue weighted by Gasteiger charge is 2.15. The van der Waals surface area contributed by atoms with Gasteiger partial charge < -0.3 is 28.7 Å². The molecule has 156 valence electrons. The van der Waals surface area contributed by atoms with Gasteiger partial charge in [-0.25, -0.2) is 4.98 Å². The molecule has 30 heavy (non-hydrogen) atoms. The molecule has 1 aliphatic rings. The van der Waals surface area contributed by atoms with Gasteiger partial charge in [0.25, 0.3) is 0 Å². The monoisotopic (exact) mass is 410 g/mol. The zero-order valence-electron chi connectivity index (χ0n) is 16.8. The third-order valence-electron chi connectivity index (χ3n) is 4.62. The second-order valence-corrected chi connectivity index (χ2v) is 6.59. The molecule has 0 fully saturated rings. The minimum atomic E-state index is -0.145. The molecule has 1 aromatic heterocycles. The third-order valence-corrected chi connectivity index (χ3v) is 4.62. The molecule has 8 heteroatoms. The summed E-state index contributed by atoms with van der Waals surface area (Å²) < 4.78 is 27.4. The standard InChI is InChI=1S/C22H22N2O6/c1-26-15-4-5-16(18(12-15)27-2)20-13-23-22(30-20)8-7-21(25)24-14-3-6-17-19(11-14)29-10-9-28-17/h3-6,11-13H,7-10H2,1-2H3,(H,24,25). The molecule has 1 aliphatic heterocycles. The zero-order valence-corrected chi connectivity index (χ0v) is 16.8. The van der Waals surface area contributed by atoms with Crippen LogP contribution in [0.1, 0.15) is 12.3 Å². The van der Waals surface area contributed by atoms with Gasteiger partial charge >= 0.3 is 0 Å². The highest BCUT2D eigenvalue weighted by atomic mass is 16.6. The van der Waals surface area contributed by atoms with E-state index < -0.39 is 0 Å². The van der Waals surface area contributed by atoms with Crippen molar-refractivity contribution < 1.29 is 28.2 Å². The normalized spacial score (nSPS) is 12.3. The van der Waals surface area contributed by atoms with E-state index in [1.807, 2.05) is 12.1 Å². The highest BCUT2D eigenvalue weighted by Crippen LogP contribution is 2.34. The van der Waals surface area contributed by atoms with E-state index in [-0.39, 0.29) is 12.3 Å². The van der Waals surface area contributed by atoms with E-state index in [1.54, 1.807) is 44.7 Å². The molecular weight excluding hydrogens is 388 g/mol. The molecule has 2 aromatic carbocycles. The lowest BCUT2D eigenvalue weighted by atomic mass is 10.1. The smallest absolute Gasteiger partial charge is 0.224 e. The molecule has 3 aromatic rings. The second-order valence-electron chi connectivity index (χ2n) is 6.59. The number of oxazole rings is 1. The molecule has 0 atom stereocenters. The first-order chi connectivity index (χ1) is 14.7. The molecule has 0 spiro atoms. The van der Waals surface area contributed by atoms with Crippen LogP contribution in [-0.2, 0) is 11.2 Å². The fourth-order valence-electron chi connectivity index (χ4n) is 3.12. The van der Waals surface area contributed by atoms with Crippen LogP contribution in [0.2, 0.25) is 0 Å². The topological polar surface area (TPSA) is 92.1 Å². The lowest BCUT2D eigenvalue weighted by Crippen LogP contribution is -2.16. The fourth-order valence-corrected chi connectivity index (χ4v) is 3.12. The molecule has 0 aliphatic carbocycles. The quantitative estimate of drug-likeness (QED) is 0.635. The number of benzene rings is 2. The molecule has 2 heterocycles. The van der Waals surface area contributed by atoms with E-state index in [1.165, 1.54) is 0 Å². The number of aryl methyl sites for hydroxylation is 1. The largest absolute Gasteiger partial charge is 0.497 e. The summed E-state index contributed by atoms with van der Waals surface area (Å²) in [4.78, 5) is 16.6. The van der Waals surface area contributed by atoms with E-state index in [2.05, 4.69) is 10.3 Å². The molecule has 1 N–H and O–H groups in total. The number of carbonyl (C=O) groups is 1. The van der Waals surface area contributed by atoms with Gasteiger partial charge in [0.05, 0.1) is 26.0 Å². The predicted molar refractivity (Wildman–Crippen MR) is 109 cm³/mol. The SMILES string of the molecule is COc1ccc(-c2cnc(CCC(=O)Nc3ccc4c(c3)OCCO4)o2)c(OC)c1. The van der Waals surface area contributed by atoms with Crippen molar-refractivity contribution in [3.05, 3.63) is 48.5 Å². The van der Waals surface area contributed by atoms with Crippen molar-refractivity contribution in [1.29, 1.82) is 0 Å². The Morgan fingerprint density at radius 3 is 2.70 bits per heavy atom. The van der Waals surface area contributed by atoms with Gasteiger partial charge in [-0.1, -0.05) is 0 Å². The maximum Gasteiger partial charge on any atom is 0.224 e. The van der Waals surface area contributed by atoms with Crippen LogP contribution in [0, 0.1) is 0 Å². The van der Waals surface area contributed by atoms with Gasteiger partial charge in [-0.2, -0.15) is 0 Å². The van der Waals surface area contributed by atoms with Crippen molar-refractivity contribution in [2.24, 2.45) is 0 Å². The number of anilines is 1. The number of amides is 1. The molecule has 1 amide bonds. The maximum absolute atomic E-state index is 12.3. The van der Waals surface area contributed by atoms with Crippen LogP contribution < -0.4 is 24.3 Å². The van der Waals surface area contributed by atoms with Crippen LogP contribution in [0.3, 0.4) is 0 Å². The summed E-state index contributed by atoms with van der Waals surface area (Å²) in [5.41, 5.74) is 1.41. The van der Waals surface area contributed by atoms with Gasteiger partial charge in [0.15, 0.2) is 23.1 Å². The Morgan fingerprint density at radius 2 is 1.90 bits per heavy atom. The van der Waals surface area contributed by atoms with Crippen molar-refractivity contribution >= 4 is 11.6 Å². The predicted octanol–water partition coefficient (Wildman–Crippen LogP) is 3.70. The zero-order chi connectivity index (χ0) is 20.9. The van der Waals surface area contributed by atoms with Crippen molar-refractivity contribution in [3.8, 4) is 34.3 Å². The Morgan fingerprint density at radius 1 is 1.07 bits per heavy atom. The number of methoxy groups -OCH3 is 2. The van der Waals surface area contributed by atoms with Crippen LogP contribution in [0.15, 0.2) is 47.0 Å². The van der Waals surface area contributed by atoms with Crippen molar-refractivity contribution in [2.45, 2.75) is 12.8 Å². The third kappa shape index (κ3) is 4.32. The van der Waals surface area contributed by atoms with Gasteiger partial charge in [0.1, 0.15) is 24.7 Å². The number of fused-ring (bicyclic) bond motifs is 1. The molecule has 0 unspecified atom stereocenters. The minimum absolute atomic E-state index is 0.145. The fraction of sp³-hybridized carbons (Fsp3) is 0.273. The summed E-state index contributed by atoms with van der Waals surface area (Å²) in [6.45, 7) is 1.02. The summed E-state index contributed by atoms with van der Waals surface area (Å²) >= 11 is 0. The first-order valence-electron chi connectivity index (χ1n) is 9.53. The second kappa shape index (κ2) is 8.77. The Hall–Kier alpha value is -3.68. The number of aromatic nitrogens is 1. The van der Waals surface area contributed by atoms with Crippen LogP contribution in [-0.4, -0.2) is 38.3 Å². The average Bonchev–Trinajstić information content (AvgIpc) is 3.26. The molecule has 0 saturated carbocycles. The Bertz CT molecular complexity index is 1050. The number of hydrogen-bond acceptors (Lipinski definition) is 7. The maximum atomic E-state index is 12.3. The number of ether oxygens (including phenoxy) is 4. The van der Waals surface area contributed by atoms with Crippen LogP contribution in [0.25, 0.3) is 11.3 Å². The number of nitrogens with one attached hydrogen (secondary N) is 1. The summed E-state index contributed by atoms with van der Waals surface area (Å²) in [6.07, 6.45) is 2.22. The number of nitrogens with zero attached hydrogens (tertiary/aromatic N) is 1. The van der Waals surface area contributed by atoms with Crippen LogP contribution in [0.5, 0.6) is 23.0 Å². The first kappa shape index (κ1) is 19.6. The molecule has 4 rings (SSSR count). The number of carbonyl (C=O) groups excluding carboxylic acids is 1. The minimum Gasteiger partial charge on any atom is -0.497 e.